The molecule has 0 saturated carbocycles. The second-order valence-electron chi connectivity index (χ2n) is 11.8. The maximum absolute atomic E-state index is 13.3. The molecule has 5 heterocycles. The normalized spacial score (nSPS) is 23.0. The first-order chi connectivity index (χ1) is 22.6. The van der Waals surface area contributed by atoms with Crippen molar-refractivity contribution in [2.24, 2.45) is 0 Å². The van der Waals surface area contributed by atoms with Crippen LogP contribution in [0.5, 0.6) is 11.6 Å². The van der Waals surface area contributed by atoms with Crippen LogP contribution in [0.25, 0.3) is 22.4 Å². The molecule has 12 nitrogen and oxygen atoms in total. The van der Waals surface area contributed by atoms with Gasteiger partial charge in [-0.15, -0.1) is 0 Å². The molecule has 14 heteroatoms. The molecule has 0 aliphatic carbocycles. The molecular weight excluding hydrogens is 647 g/mol. The summed E-state index contributed by atoms with van der Waals surface area (Å²) < 4.78 is 17.2. The Hall–Kier alpha value is -4.36. The third kappa shape index (κ3) is 5.75. The molecule has 0 bridgehead atoms. The van der Waals surface area contributed by atoms with Gasteiger partial charge in [0.2, 0.25) is 11.8 Å². The molecular formula is C33H32Cl2N6O6. The van der Waals surface area contributed by atoms with Gasteiger partial charge in [0.25, 0.3) is 11.8 Å². The topological polar surface area (TPSA) is 138 Å². The Morgan fingerprint density at radius 3 is 2.57 bits per heavy atom. The number of nitrogens with one attached hydrogen (secondary N) is 3. The molecule has 3 unspecified atom stereocenters. The molecule has 0 radical (unpaired) electrons. The maximum atomic E-state index is 13.3. The molecule has 0 spiro atoms. The quantitative estimate of drug-likeness (QED) is 0.239. The van der Waals surface area contributed by atoms with Crippen LogP contribution in [0.2, 0.25) is 10.0 Å². The Labute approximate surface area is 280 Å². The lowest BCUT2D eigenvalue weighted by Gasteiger charge is -2.18. The van der Waals surface area contributed by atoms with Crippen LogP contribution in [0.3, 0.4) is 0 Å². The van der Waals surface area contributed by atoms with Gasteiger partial charge in [-0.1, -0.05) is 53.5 Å². The lowest BCUT2D eigenvalue weighted by molar-refractivity contribution is -0.129. The average molecular weight is 680 g/mol. The summed E-state index contributed by atoms with van der Waals surface area (Å²) in [6.45, 7) is 1.000. The third-order valence-electron chi connectivity index (χ3n) is 8.80. The number of pyridine rings is 1. The average Bonchev–Trinajstić information content (AvgIpc) is 3.62. The zero-order chi connectivity index (χ0) is 33.0. The Bertz CT molecular complexity index is 1840. The molecule has 4 atom stereocenters. The largest absolute Gasteiger partial charge is 0.491 e. The summed E-state index contributed by atoms with van der Waals surface area (Å²) >= 11 is 13.9. The number of epoxide rings is 1. The second-order valence-corrected chi connectivity index (χ2v) is 12.6. The highest BCUT2D eigenvalue weighted by Crippen LogP contribution is 2.45. The van der Waals surface area contributed by atoms with Crippen molar-refractivity contribution < 1.29 is 28.6 Å². The highest BCUT2D eigenvalue weighted by atomic mass is 35.5. The van der Waals surface area contributed by atoms with Crippen molar-refractivity contribution in [3.63, 3.8) is 0 Å². The summed E-state index contributed by atoms with van der Waals surface area (Å²) in [5, 5.41) is 9.88. The minimum atomic E-state index is -0.593. The Morgan fingerprint density at radius 1 is 1.09 bits per heavy atom. The van der Waals surface area contributed by atoms with Gasteiger partial charge in [-0.05, 0) is 12.5 Å². The number of hydrogen-bond acceptors (Lipinski definition) is 9. The molecule has 2 saturated heterocycles. The lowest BCUT2D eigenvalue weighted by atomic mass is 9.99. The molecule has 47 heavy (non-hydrogen) atoms. The first kappa shape index (κ1) is 31.3. The fourth-order valence-corrected chi connectivity index (χ4v) is 6.81. The third-order valence-corrected chi connectivity index (χ3v) is 9.61. The summed E-state index contributed by atoms with van der Waals surface area (Å²) in [6.07, 6.45) is 2.13. The Kier molecular flexibility index (Phi) is 8.21. The minimum Gasteiger partial charge on any atom is -0.491 e. The second kappa shape index (κ2) is 12.3. The van der Waals surface area contributed by atoms with E-state index in [0.717, 1.165) is 12.0 Å². The van der Waals surface area contributed by atoms with E-state index < -0.39 is 18.0 Å². The number of nitrogens with zero attached hydrogens (tertiary/aromatic N) is 3. The number of fused-ring (bicyclic) bond motifs is 2. The number of rotatable bonds is 8. The highest BCUT2D eigenvalue weighted by Gasteiger charge is 2.50. The number of carbonyl (C=O) groups is 3. The number of hydrogen-bond donors (Lipinski definition) is 3. The van der Waals surface area contributed by atoms with Crippen LogP contribution in [0.1, 0.15) is 24.4 Å². The van der Waals surface area contributed by atoms with E-state index in [9.17, 15) is 14.4 Å². The number of carbonyl (C=O) groups excluding carboxylic acids is 3. The van der Waals surface area contributed by atoms with Gasteiger partial charge in [-0.3, -0.25) is 14.4 Å². The van der Waals surface area contributed by atoms with E-state index in [1.54, 1.807) is 44.3 Å². The van der Waals surface area contributed by atoms with Crippen LogP contribution in [0, 0.1) is 0 Å². The number of aromatic nitrogens is 1. The van der Waals surface area contributed by atoms with E-state index in [0.29, 0.717) is 64.3 Å². The molecule has 2 fully saturated rings. The molecule has 4 aliphatic heterocycles. The van der Waals surface area contributed by atoms with Crippen LogP contribution in [-0.2, 0) is 19.1 Å². The van der Waals surface area contributed by atoms with E-state index in [1.165, 1.54) is 11.1 Å². The van der Waals surface area contributed by atoms with Crippen molar-refractivity contribution >= 4 is 46.6 Å². The van der Waals surface area contributed by atoms with Crippen LogP contribution in [0.4, 0.5) is 5.69 Å². The molecule has 3 N–H and O–H groups in total. The van der Waals surface area contributed by atoms with Gasteiger partial charge in [0.05, 0.1) is 40.1 Å². The first-order valence-corrected chi connectivity index (χ1v) is 15.9. The highest BCUT2D eigenvalue weighted by molar-refractivity contribution is 6.40. The molecule has 4 aliphatic rings. The van der Waals surface area contributed by atoms with Gasteiger partial charge < -0.3 is 40.0 Å². The van der Waals surface area contributed by atoms with Gasteiger partial charge in [-0.25, -0.2) is 4.98 Å². The Morgan fingerprint density at radius 2 is 1.83 bits per heavy atom. The summed E-state index contributed by atoms with van der Waals surface area (Å²) in [6, 6.07) is 12.5. The number of likely N-dealkylation sites (N-methyl/N-ethyl adjacent to an activating group) is 2. The summed E-state index contributed by atoms with van der Waals surface area (Å²) in [4.78, 5) is 45.8. The molecule has 244 valence electrons. The molecule has 7 rings (SSSR count). The fraction of sp³-hybridized carbons (Fsp3) is 0.333. The van der Waals surface area contributed by atoms with Crippen molar-refractivity contribution in [2.45, 2.75) is 37.4 Å². The van der Waals surface area contributed by atoms with E-state index in [2.05, 4.69) is 16.0 Å². The standard InChI is InChI=1S/C33H32Cl2N6O6/c1-40-14-20(31(44)41(2)33-32(40)47-33)29(43)38-21-9-5-7-18(28(21)35)17-6-4-8-19(27(17)34)22-12-24-26(30(39-22)45-3)23(15-46-24)36-13-16-10-11-25(42)37-16/h4-9,12,14,16,23,32-33,36H,10-11,13,15H2,1-3H3,(H,37,42)(H,38,43)/t16-,23?,32?,33?/m0/s1. The lowest BCUT2D eigenvalue weighted by Crippen LogP contribution is -2.37. The number of halogens is 2. The zero-order valence-corrected chi connectivity index (χ0v) is 27.3. The number of ether oxygens (including phenoxy) is 3. The predicted octanol–water partition coefficient (Wildman–Crippen LogP) is 3.94. The van der Waals surface area contributed by atoms with Gasteiger partial charge in [-0.2, -0.15) is 0 Å². The molecule has 1 aromatic heterocycles. The number of benzene rings is 2. The van der Waals surface area contributed by atoms with Gasteiger partial charge in [0, 0.05) is 62.1 Å². The van der Waals surface area contributed by atoms with E-state index in [-0.39, 0.29) is 34.8 Å². The van der Waals surface area contributed by atoms with E-state index >= 15 is 0 Å². The number of amides is 3. The predicted molar refractivity (Wildman–Crippen MR) is 175 cm³/mol. The minimum absolute atomic E-state index is 0.0334. The van der Waals surface area contributed by atoms with Crippen molar-refractivity contribution in [3.05, 3.63) is 69.8 Å². The van der Waals surface area contributed by atoms with Gasteiger partial charge in [0.15, 0.2) is 12.5 Å². The van der Waals surface area contributed by atoms with E-state index in [4.69, 9.17) is 42.4 Å². The van der Waals surface area contributed by atoms with Gasteiger partial charge in [0.1, 0.15) is 17.9 Å². The number of anilines is 1. The van der Waals surface area contributed by atoms with Gasteiger partial charge >= 0.3 is 0 Å². The zero-order valence-electron chi connectivity index (χ0n) is 25.8. The Balaban J connectivity index is 1.15. The van der Waals surface area contributed by atoms with Crippen LogP contribution in [0.15, 0.2) is 54.2 Å². The van der Waals surface area contributed by atoms with Crippen LogP contribution in [-0.4, -0.2) is 85.4 Å². The van der Waals surface area contributed by atoms with Crippen molar-refractivity contribution in [3.8, 4) is 34.0 Å². The van der Waals surface area contributed by atoms with Crippen molar-refractivity contribution in [1.29, 1.82) is 0 Å². The molecule has 3 aromatic rings. The van der Waals surface area contributed by atoms with Crippen LogP contribution >= 0.6 is 23.2 Å². The number of methoxy groups -OCH3 is 1. The van der Waals surface area contributed by atoms with Crippen LogP contribution < -0.4 is 25.4 Å². The SMILES string of the molecule is COc1nc(-c2cccc(-c3cccc(NC(=O)C4=CN(C)C5OC5N(C)C4=O)c3Cl)c2Cl)cc2c1C(NC[C@@H]1CCC(=O)N1)CO2. The maximum Gasteiger partial charge on any atom is 0.262 e. The summed E-state index contributed by atoms with van der Waals surface area (Å²) in [5.74, 6) is 0.0658. The molecule has 3 amide bonds. The van der Waals surface area contributed by atoms with Crippen molar-refractivity contribution in [2.75, 3.05) is 39.7 Å². The fourth-order valence-electron chi connectivity index (χ4n) is 6.21. The first-order valence-electron chi connectivity index (χ1n) is 15.1. The smallest absolute Gasteiger partial charge is 0.262 e. The van der Waals surface area contributed by atoms with Crippen molar-refractivity contribution in [1.82, 2.24) is 25.4 Å². The summed E-state index contributed by atoms with van der Waals surface area (Å²) in [5.41, 5.74) is 3.47. The monoisotopic (exact) mass is 678 g/mol. The molecule has 2 aromatic carbocycles. The summed E-state index contributed by atoms with van der Waals surface area (Å²) in [7, 11) is 4.91. The van der Waals surface area contributed by atoms with E-state index in [1.807, 2.05) is 24.3 Å².